The number of hydrogen-bond acceptors (Lipinski definition) is 3. The number of rotatable bonds is 6. The fraction of sp³-hybridized carbons (Fsp3) is 0.571. The molecule has 0 spiro atoms. The van der Waals surface area contributed by atoms with Crippen molar-refractivity contribution in [2.75, 3.05) is 6.54 Å². The van der Waals surface area contributed by atoms with E-state index in [0.717, 1.165) is 16.6 Å². The van der Waals surface area contributed by atoms with Crippen LogP contribution in [-0.2, 0) is 0 Å². The minimum Gasteiger partial charge on any atom is -0.314 e. The Labute approximate surface area is 122 Å². The molecule has 0 aromatic heterocycles. The van der Waals surface area contributed by atoms with Gasteiger partial charge in [-0.1, -0.05) is 36.7 Å². The lowest BCUT2D eigenvalue weighted by Crippen LogP contribution is -2.34. The molecular formula is C14H21BrN2O2. The monoisotopic (exact) mass is 328 g/mol. The van der Waals surface area contributed by atoms with Gasteiger partial charge in [0.05, 0.1) is 4.92 Å². The van der Waals surface area contributed by atoms with Crippen LogP contribution in [0.5, 0.6) is 0 Å². The Morgan fingerprint density at radius 1 is 1.37 bits per heavy atom. The number of nitro groups is 1. The number of benzene rings is 1. The van der Waals surface area contributed by atoms with Crippen LogP contribution in [0.25, 0.3) is 0 Å². The lowest BCUT2D eigenvalue weighted by atomic mass is 9.82. The average Bonchev–Trinajstić information content (AvgIpc) is 2.28. The molecule has 1 aromatic carbocycles. The Morgan fingerprint density at radius 3 is 2.47 bits per heavy atom. The van der Waals surface area contributed by atoms with Gasteiger partial charge in [-0.3, -0.25) is 10.1 Å². The zero-order chi connectivity index (χ0) is 14.6. The Bertz CT molecular complexity index is 449. The highest BCUT2D eigenvalue weighted by molar-refractivity contribution is 9.10. The molecule has 0 radical (unpaired) electrons. The molecule has 0 bridgehead atoms. The quantitative estimate of drug-likeness (QED) is 0.631. The molecule has 1 rings (SSSR count). The van der Waals surface area contributed by atoms with Crippen molar-refractivity contribution in [3.05, 3.63) is 38.3 Å². The average molecular weight is 329 g/mol. The maximum absolute atomic E-state index is 11.2. The highest BCUT2D eigenvalue weighted by Gasteiger charge is 2.29. The fourth-order valence-electron chi connectivity index (χ4n) is 2.61. The molecule has 0 aliphatic heterocycles. The summed E-state index contributed by atoms with van der Waals surface area (Å²) in [5, 5.41) is 14.6. The first-order valence-electron chi connectivity index (χ1n) is 6.55. The van der Waals surface area contributed by atoms with Gasteiger partial charge in [0.15, 0.2) is 0 Å². The van der Waals surface area contributed by atoms with Gasteiger partial charge in [-0.25, -0.2) is 0 Å². The van der Waals surface area contributed by atoms with Crippen molar-refractivity contribution in [1.29, 1.82) is 0 Å². The summed E-state index contributed by atoms with van der Waals surface area (Å²) < 4.78 is 0.877. The zero-order valence-corrected chi connectivity index (χ0v) is 13.4. The largest absolute Gasteiger partial charge is 0.314 e. The Balaban J connectivity index is 3.28. The van der Waals surface area contributed by atoms with Crippen molar-refractivity contribution in [2.45, 2.75) is 39.7 Å². The number of nitro benzene ring substituents is 1. The van der Waals surface area contributed by atoms with Crippen LogP contribution >= 0.6 is 15.9 Å². The van der Waals surface area contributed by atoms with Gasteiger partial charge in [0.25, 0.3) is 5.69 Å². The standard InChI is InChI=1S/C14H21BrN2O2/c1-5-16-10(4)14(9(2)3)12-8-11(15)6-7-13(12)17(18)19/h6-10,14,16H,5H2,1-4H3. The molecule has 19 heavy (non-hydrogen) atoms. The zero-order valence-electron chi connectivity index (χ0n) is 11.8. The van der Waals surface area contributed by atoms with Gasteiger partial charge in [-0.2, -0.15) is 0 Å². The van der Waals surface area contributed by atoms with Gasteiger partial charge >= 0.3 is 0 Å². The molecule has 2 unspecified atom stereocenters. The van der Waals surface area contributed by atoms with E-state index in [1.807, 2.05) is 13.0 Å². The van der Waals surface area contributed by atoms with Crippen molar-refractivity contribution < 1.29 is 4.92 Å². The van der Waals surface area contributed by atoms with E-state index in [1.165, 1.54) is 0 Å². The van der Waals surface area contributed by atoms with Crippen molar-refractivity contribution in [2.24, 2.45) is 5.92 Å². The number of nitrogens with one attached hydrogen (secondary N) is 1. The normalized spacial score (nSPS) is 14.4. The molecule has 106 valence electrons. The van der Waals surface area contributed by atoms with Gasteiger partial charge in [0.1, 0.15) is 0 Å². The number of halogens is 1. The molecular weight excluding hydrogens is 308 g/mol. The van der Waals surface area contributed by atoms with Crippen LogP contribution in [0.4, 0.5) is 5.69 Å². The Kier molecular flexibility index (Phi) is 5.94. The predicted molar refractivity (Wildman–Crippen MR) is 81.5 cm³/mol. The van der Waals surface area contributed by atoms with Gasteiger partial charge in [-0.15, -0.1) is 0 Å². The minimum atomic E-state index is -0.296. The maximum Gasteiger partial charge on any atom is 0.273 e. The molecule has 0 aliphatic carbocycles. The van der Waals surface area contributed by atoms with E-state index in [9.17, 15) is 10.1 Å². The van der Waals surface area contributed by atoms with Crippen LogP contribution in [0.3, 0.4) is 0 Å². The molecule has 0 heterocycles. The van der Waals surface area contributed by atoms with Crippen LogP contribution in [0, 0.1) is 16.0 Å². The SMILES string of the molecule is CCNC(C)C(c1cc(Br)ccc1[N+](=O)[O-])C(C)C. The fourth-order valence-corrected chi connectivity index (χ4v) is 2.99. The second kappa shape index (κ2) is 7.01. The third kappa shape index (κ3) is 4.01. The third-order valence-corrected chi connectivity index (χ3v) is 3.82. The summed E-state index contributed by atoms with van der Waals surface area (Å²) in [5.41, 5.74) is 0.995. The molecule has 2 atom stereocenters. The summed E-state index contributed by atoms with van der Waals surface area (Å²) in [5.74, 6) is 0.430. The van der Waals surface area contributed by atoms with E-state index in [2.05, 4.69) is 42.0 Å². The molecule has 1 N–H and O–H groups in total. The summed E-state index contributed by atoms with van der Waals surface area (Å²) in [6.45, 7) is 9.18. The maximum atomic E-state index is 11.2. The van der Waals surface area contributed by atoms with Crippen molar-refractivity contribution in [3.63, 3.8) is 0 Å². The highest BCUT2D eigenvalue weighted by atomic mass is 79.9. The molecule has 0 fully saturated rings. The molecule has 0 saturated heterocycles. The predicted octanol–water partition coefficient (Wildman–Crippen LogP) is 4.09. The number of hydrogen-bond donors (Lipinski definition) is 1. The second-order valence-corrected chi connectivity index (χ2v) is 5.99. The van der Waals surface area contributed by atoms with E-state index in [-0.39, 0.29) is 22.6 Å². The van der Waals surface area contributed by atoms with Crippen LogP contribution in [0.15, 0.2) is 22.7 Å². The van der Waals surface area contributed by atoms with Crippen LogP contribution in [0.2, 0.25) is 0 Å². The first-order chi connectivity index (χ1) is 8.88. The summed E-state index contributed by atoms with van der Waals surface area (Å²) in [7, 11) is 0. The van der Waals surface area contributed by atoms with Crippen molar-refractivity contribution in [1.82, 2.24) is 5.32 Å². The highest BCUT2D eigenvalue weighted by Crippen LogP contribution is 2.36. The van der Waals surface area contributed by atoms with E-state index < -0.39 is 0 Å². The first kappa shape index (κ1) is 16.1. The molecule has 1 aromatic rings. The van der Waals surface area contributed by atoms with Crippen molar-refractivity contribution >= 4 is 21.6 Å². The Morgan fingerprint density at radius 2 is 2.00 bits per heavy atom. The Hall–Kier alpha value is -0.940. The molecule has 4 nitrogen and oxygen atoms in total. The minimum absolute atomic E-state index is 0.109. The topological polar surface area (TPSA) is 55.2 Å². The van der Waals surface area contributed by atoms with E-state index in [4.69, 9.17) is 0 Å². The number of likely N-dealkylation sites (N-methyl/N-ethyl adjacent to an activating group) is 1. The summed E-state index contributed by atoms with van der Waals surface area (Å²) in [6.07, 6.45) is 0. The first-order valence-corrected chi connectivity index (χ1v) is 7.35. The van der Waals surface area contributed by atoms with Crippen LogP contribution in [0.1, 0.15) is 39.2 Å². The molecule has 5 heteroatoms. The van der Waals surface area contributed by atoms with Gasteiger partial charge in [0.2, 0.25) is 0 Å². The number of nitrogens with zero attached hydrogens (tertiary/aromatic N) is 1. The van der Waals surface area contributed by atoms with Crippen molar-refractivity contribution in [3.8, 4) is 0 Å². The third-order valence-electron chi connectivity index (χ3n) is 3.33. The summed E-state index contributed by atoms with van der Waals surface area (Å²) in [6, 6.07) is 5.36. The van der Waals surface area contributed by atoms with Gasteiger partial charge in [0, 0.05) is 28.1 Å². The smallest absolute Gasteiger partial charge is 0.273 e. The lowest BCUT2D eigenvalue weighted by molar-refractivity contribution is -0.385. The van der Waals surface area contributed by atoms with E-state index in [1.54, 1.807) is 12.1 Å². The summed E-state index contributed by atoms with van der Waals surface area (Å²) in [4.78, 5) is 10.9. The van der Waals surface area contributed by atoms with Crippen LogP contribution in [-0.4, -0.2) is 17.5 Å². The van der Waals surface area contributed by atoms with E-state index >= 15 is 0 Å². The lowest BCUT2D eigenvalue weighted by Gasteiger charge is -2.28. The molecule has 0 aliphatic rings. The van der Waals surface area contributed by atoms with Gasteiger partial charge < -0.3 is 5.32 Å². The van der Waals surface area contributed by atoms with Crippen LogP contribution < -0.4 is 5.32 Å². The molecule has 0 amide bonds. The summed E-state index contributed by atoms with van der Waals surface area (Å²) >= 11 is 3.41. The second-order valence-electron chi connectivity index (χ2n) is 5.08. The molecule has 0 saturated carbocycles. The van der Waals surface area contributed by atoms with Gasteiger partial charge in [-0.05, 0) is 31.5 Å². The van der Waals surface area contributed by atoms with E-state index in [0.29, 0.717) is 5.92 Å².